The van der Waals surface area contributed by atoms with Gasteiger partial charge in [0.1, 0.15) is 9.97 Å². The number of nitrogens with zero attached hydrogens (tertiary/aromatic N) is 1. The van der Waals surface area contributed by atoms with E-state index in [9.17, 15) is 8.42 Å². The lowest BCUT2D eigenvalue weighted by Gasteiger charge is -2.11. The summed E-state index contributed by atoms with van der Waals surface area (Å²) in [5, 5.41) is 7.82. The van der Waals surface area contributed by atoms with Crippen LogP contribution in [0.5, 0.6) is 0 Å². The molecule has 0 aromatic carbocycles. The first-order valence-corrected chi connectivity index (χ1v) is 8.98. The van der Waals surface area contributed by atoms with Crippen LogP contribution in [0.4, 0.5) is 0 Å². The third-order valence-electron chi connectivity index (χ3n) is 2.70. The predicted octanol–water partition coefficient (Wildman–Crippen LogP) is 0.985. The van der Waals surface area contributed by atoms with Gasteiger partial charge in [-0.1, -0.05) is 6.07 Å². The highest BCUT2D eigenvalue weighted by atomic mass is 32.2. The number of hydrogen-bond donors (Lipinski definition) is 3. The van der Waals surface area contributed by atoms with Gasteiger partial charge in [-0.3, -0.25) is 4.99 Å². The van der Waals surface area contributed by atoms with E-state index in [-0.39, 0.29) is 6.54 Å². The Morgan fingerprint density at radius 1 is 1.27 bits per heavy atom. The summed E-state index contributed by atoms with van der Waals surface area (Å²) >= 11 is 1.19. The van der Waals surface area contributed by atoms with Gasteiger partial charge in [-0.25, -0.2) is 13.1 Å². The smallest absolute Gasteiger partial charge is 0.250 e. The molecular formula is C13H18N4O3S2. The maximum atomic E-state index is 11.9. The van der Waals surface area contributed by atoms with E-state index in [2.05, 4.69) is 20.3 Å². The minimum Gasteiger partial charge on any atom is -0.467 e. The molecule has 9 heteroatoms. The SMILES string of the molecule is CN=C(NCCNS(=O)(=O)c1cccs1)NCc1ccco1. The van der Waals surface area contributed by atoms with E-state index in [0.717, 1.165) is 5.76 Å². The molecule has 7 nitrogen and oxygen atoms in total. The Labute approximate surface area is 133 Å². The monoisotopic (exact) mass is 342 g/mol. The molecule has 0 bridgehead atoms. The van der Waals surface area contributed by atoms with Crippen LogP contribution in [-0.2, 0) is 16.6 Å². The van der Waals surface area contributed by atoms with Gasteiger partial charge in [0.25, 0.3) is 0 Å². The van der Waals surface area contributed by atoms with Crippen molar-refractivity contribution in [3.8, 4) is 0 Å². The summed E-state index contributed by atoms with van der Waals surface area (Å²) in [5.74, 6) is 1.37. The van der Waals surface area contributed by atoms with Crippen LogP contribution in [0.15, 0.2) is 49.5 Å². The first kappa shape index (κ1) is 16.5. The molecule has 0 atom stereocenters. The summed E-state index contributed by atoms with van der Waals surface area (Å²) in [4.78, 5) is 4.05. The van der Waals surface area contributed by atoms with Crippen molar-refractivity contribution >= 4 is 27.3 Å². The predicted molar refractivity (Wildman–Crippen MR) is 86.4 cm³/mol. The Kier molecular flexibility index (Phi) is 5.99. The van der Waals surface area contributed by atoms with E-state index in [1.54, 1.807) is 30.8 Å². The van der Waals surface area contributed by atoms with Gasteiger partial charge < -0.3 is 15.1 Å². The first-order valence-electron chi connectivity index (χ1n) is 6.62. The van der Waals surface area contributed by atoms with Crippen LogP contribution < -0.4 is 15.4 Å². The van der Waals surface area contributed by atoms with Crippen molar-refractivity contribution in [3.05, 3.63) is 41.7 Å². The van der Waals surface area contributed by atoms with Gasteiger partial charge in [0.2, 0.25) is 10.0 Å². The van der Waals surface area contributed by atoms with Crippen LogP contribution in [0.1, 0.15) is 5.76 Å². The van der Waals surface area contributed by atoms with Crippen LogP contribution in [-0.4, -0.2) is 34.5 Å². The molecule has 0 radical (unpaired) electrons. The van der Waals surface area contributed by atoms with Gasteiger partial charge in [0.15, 0.2) is 5.96 Å². The molecule has 0 aliphatic rings. The molecule has 22 heavy (non-hydrogen) atoms. The Bertz CT molecular complexity index is 679. The fraction of sp³-hybridized carbons (Fsp3) is 0.308. The van der Waals surface area contributed by atoms with E-state index in [1.165, 1.54) is 11.3 Å². The summed E-state index contributed by atoms with van der Waals surface area (Å²) in [5.41, 5.74) is 0. The summed E-state index contributed by atoms with van der Waals surface area (Å²) in [6.07, 6.45) is 1.60. The zero-order valence-corrected chi connectivity index (χ0v) is 13.7. The van der Waals surface area contributed by atoms with E-state index in [1.807, 2.05) is 12.1 Å². The van der Waals surface area contributed by atoms with Crippen molar-refractivity contribution in [1.82, 2.24) is 15.4 Å². The molecule has 0 fully saturated rings. The van der Waals surface area contributed by atoms with Gasteiger partial charge in [0.05, 0.1) is 12.8 Å². The van der Waals surface area contributed by atoms with Gasteiger partial charge in [-0.2, -0.15) is 0 Å². The topological polar surface area (TPSA) is 95.7 Å². The van der Waals surface area contributed by atoms with Gasteiger partial charge in [-0.05, 0) is 23.6 Å². The number of thiophene rings is 1. The second-order valence-corrected chi connectivity index (χ2v) is 7.20. The maximum Gasteiger partial charge on any atom is 0.250 e. The minimum absolute atomic E-state index is 0.266. The van der Waals surface area contributed by atoms with Crippen molar-refractivity contribution in [2.75, 3.05) is 20.1 Å². The first-order chi connectivity index (χ1) is 10.6. The molecule has 0 saturated heterocycles. The lowest BCUT2D eigenvalue weighted by molar-refractivity contribution is 0.501. The van der Waals surface area contributed by atoms with Crippen molar-refractivity contribution in [3.63, 3.8) is 0 Å². The third-order valence-corrected chi connectivity index (χ3v) is 5.56. The lowest BCUT2D eigenvalue weighted by atomic mass is 10.4. The molecule has 3 N–H and O–H groups in total. The number of hydrogen-bond acceptors (Lipinski definition) is 5. The number of nitrogens with one attached hydrogen (secondary N) is 3. The van der Waals surface area contributed by atoms with Crippen molar-refractivity contribution in [2.24, 2.45) is 4.99 Å². The van der Waals surface area contributed by atoms with Crippen LogP contribution >= 0.6 is 11.3 Å². The van der Waals surface area contributed by atoms with Gasteiger partial charge >= 0.3 is 0 Å². The Morgan fingerprint density at radius 3 is 2.77 bits per heavy atom. The molecule has 0 unspecified atom stereocenters. The lowest BCUT2D eigenvalue weighted by Crippen LogP contribution is -2.41. The molecular weight excluding hydrogens is 324 g/mol. The van der Waals surface area contributed by atoms with Crippen LogP contribution in [0.25, 0.3) is 0 Å². The summed E-state index contributed by atoms with van der Waals surface area (Å²) < 4.78 is 31.9. The van der Waals surface area contributed by atoms with E-state index in [0.29, 0.717) is 23.3 Å². The molecule has 2 aromatic rings. The fourth-order valence-electron chi connectivity index (χ4n) is 1.66. The molecule has 2 rings (SSSR count). The average molecular weight is 342 g/mol. The van der Waals surface area contributed by atoms with Crippen molar-refractivity contribution in [2.45, 2.75) is 10.8 Å². The quantitative estimate of drug-likeness (QED) is 0.396. The average Bonchev–Trinajstić information content (AvgIpc) is 3.20. The summed E-state index contributed by atoms with van der Waals surface area (Å²) in [6, 6.07) is 6.95. The van der Waals surface area contributed by atoms with Crippen molar-refractivity contribution < 1.29 is 12.8 Å². The molecule has 0 aliphatic carbocycles. The maximum absolute atomic E-state index is 11.9. The normalized spacial score (nSPS) is 12.3. The Hall–Kier alpha value is -1.84. The number of rotatable bonds is 7. The van der Waals surface area contributed by atoms with E-state index >= 15 is 0 Å². The van der Waals surface area contributed by atoms with Crippen LogP contribution in [0.2, 0.25) is 0 Å². The number of furan rings is 1. The summed E-state index contributed by atoms with van der Waals surface area (Å²) in [6.45, 7) is 1.19. The molecule has 0 amide bonds. The van der Waals surface area contributed by atoms with E-state index < -0.39 is 10.0 Å². The zero-order valence-electron chi connectivity index (χ0n) is 12.1. The van der Waals surface area contributed by atoms with Gasteiger partial charge in [0, 0.05) is 20.1 Å². The second kappa shape index (κ2) is 7.97. The largest absolute Gasteiger partial charge is 0.467 e. The van der Waals surface area contributed by atoms with Crippen LogP contribution in [0.3, 0.4) is 0 Å². The third kappa shape index (κ3) is 4.86. The van der Waals surface area contributed by atoms with Gasteiger partial charge in [-0.15, -0.1) is 11.3 Å². The molecule has 0 aliphatic heterocycles. The number of aliphatic imine (C=N–C) groups is 1. The molecule has 2 aromatic heterocycles. The molecule has 0 saturated carbocycles. The zero-order chi connectivity index (χ0) is 15.8. The highest BCUT2D eigenvalue weighted by Gasteiger charge is 2.13. The fourth-order valence-corrected chi connectivity index (χ4v) is 3.73. The van der Waals surface area contributed by atoms with E-state index in [4.69, 9.17) is 4.42 Å². The van der Waals surface area contributed by atoms with Crippen molar-refractivity contribution in [1.29, 1.82) is 0 Å². The minimum atomic E-state index is -3.42. The standard InChI is InChI=1S/C13H18N4O3S2/c1-14-13(16-10-11-4-2-8-20-11)15-6-7-17-22(18,19)12-5-3-9-21-12/h2-5,8-9,17H,6-7,10H2,1H3,(H2,14,15,16). The second-order valence-electron chi connectivity index (χ2n) is 4.26. The molecule has 120 valence electrons. The molecule has 2 heterocycles. The highest BCUT2D eigenvalue weighted by Crippen LogP contribution is 2.14. The Balaban J connectivity index is 1.71. The molecule has 0 spiro atoms. The number of guanidine groups is 1. The highest BCUT2D eigenvalue weighted by molar-refractivity contribution is 7.91. The number of sulfonamides is 1. The Morgan fingerprint density at radius 2 is 2.14 bits per heavy atom. The summed E-state index contributed by atoms with van der Waals surface area (Å²) in [7, 11) is -1.77. The van der Waals surface area contributed by atoms with Crippen LogP contribution in [0, 0.1) is 0 Å².